The molecule has 0 aliphatic carbocycles. The summed E-state index contributed by atoms with van der Waals surface area (Å²) in [6, 6.07) is 20.9. The lowest BCUT2D eigenvalue weighted by Crippen LogP contribution is -2.53. The number of carbonyl (C=O) groups excluding carboxylic acids is 2. The Bertz CT molecular complexity index is 1390. The molecule has 0 aliphatic rings. The van der Waals surface area contributed by atoms with Crippen LogP contribution in [-0.4, -0.2) is 64.7 Å². The quantitative estimate of drug-likeness (QED) is 0.339. The van der Waals surface area contributed by atoms with Gasteiger partial charge in [0.15, 0.2) is 0 Å². The van der Waals surface area contributed by atoms with Gasteiger partial charge >= 0.3 is 0 Å². The van der Waals surface area contributed by atoms with Gasteiger partial charge in [0.1, 0.15) is 24.1 Å². The van der Waals surface area contributed by atoms with Crippen molar-refractivity contribution >= 4 is 27.5 Å². The fourth-order valence-electron chi connectivity index (χ4n) is 4.32. The second-order valence-corrected chi connectivity index (χ2v) is 11.3. The third-order valence-corrected chi connectivity index (χ3v) is 7.56. The minimum absolute atomic E-state index is 0.112. The standard InChI is InChI=1S/C30H37N3O6S/c1-6-31-30(35)27(18-23-10-8-7-9-11-23)32(20-24-14-12-22(2)13-15-24)29(34)21-33(40(5,36)37)26-19-25(38-3)16-17-28(26)39-4/h7-17,19,27H,6,18,20-21H2,1-5H3,(H,31,35). The highest BCUT2D eigenvalue weighted by atomic mass is 32.2. The van der Waals surface area contributed by atoms with E-state index in [0.717, 1.165) is 27.3 Å². The summed E-state index contributed by atoms with van der Waals surface area (Å²) in [4.78, 5) is 29.0. The van der Waals surface area contributed by atoms with E-state index in [1.165, 1.54) is 25.2 Å². The lowest BCUT2D eigenvalue weighted by molar-refractivity contribution is -0.140. The number of hydrogen-bond acceptors (Lipinski definition) is 6. The summed E-state index contributed by atoms with van der Waals surface area (Å²) in [6.45, 7) is 3.72. The van der Waals surface area contributed by atoms with Crippen molar-refractivity contribution < 1.29 is 27.5 Å². The Balaban J connectivity index is 2.08. The van der Waals surface area contributed by atoms with Gasteiger partial charge in [-0.3, -0.25) is 13.9 Å². The summed E-state index contributed by atoms with van der Waals surface area (Å²) in [7, 11) is -1.07. The van der Waals surface area contributed by atoms with E-state index in [1.807, 2.05) is 68.4 Å². The smallest absolute Gasteiger partial charge is 0.244 e. The Morgan fingerprint density at radius 1 is 0.925 bits per heavy atom. The van der Waals surface area contributed by atoms with Crippen molar-refractivity contribution in [3.63, 3.8) is 0 Å². The summed E-state index contributed by atoms with van der Waals surface area (Å²) in [5, 5.41) is 2.84. The fourth-order valence-corrected chi connectivity index (χ4v) is 5.17. The molecule has 0 spiro atoms. The van der Waals surface area contributed by atoms with Gasteiger partial charge in [-0.05, 0) is 37.1 Å². The predicted octanol–water partition coefficient (Wildman–Crippen LogP) is 3.55. The number of hydrogen-bond donors (Lipinski definition) is 1. The third-order valence-electron chi connectivity index (χ3n) is 6.43. The molecule has 0 radical (unpaired) electrons. The Labute approximate surface area is 236 Å². The van der Waals surface area contributed by atoms with Crippen LogP contribution in [0.1, 0.15) is 23.6 Å². The van der Waals surface area contributed by atoms with Crippen LogP contribution in [0.25, 0.3) is 0 Å². The normalized spacial score (nSPS) is 11.8. The number of methoxy groups -OCH3 is 2. The topological polar surface area (TPSA) is 105 Å². The second kappa shape index (κ2) is 13.8. The summed E-state index contributed by atoms with van der Waals surface area (Å²) in [6.07, 6.45) is 1.28. The van der Waals surface area contributed by atoms with Crippen LogP contribution in [0.3, 0.4) is 0 Å². The molecule has 0 fully saturated rings. The van der Waals surface area contributed by atoms with Crippen molar-refractivity contribution in [1.29, 1.82) is 0 Å². The minimum Gasteiger partial charge on any atom is -0.497 e. The number of aryl methyl sites for hydroxylation is 1. The van der Waals surface area contributed by atoms with Crippen LogP contribution in [0.4, 0.5) is 5.69 Å². The van der Waals surface area contributed by atoms with E-state index < -0.39 is 28.5 Å². The van der Waals surface area contributed by atoms with Gasteiger partial charge in [-0.15, -0.1) is 0 Å². The molecule has 0 aliphatic heterocycles. The van der Waals surface area contributed by atoms with Crippen LogP contribution in [0, 0.1) is 6.92 Å². The Kier molecular flexibility index (Phi) is 10.6. The summed E-state index contributed by atoms with van der Waals surface area (Å²) >= 11 is 0. The maximum atomic E-state index is 14.1. The van der Waals surface area contributed by atoms with Gasteiger partial charge in [0.2, 0.25) is 21.8 Å². The van der Waals surface area contributed by atoms with Crippen LogP contribution in [-0.2, 0) is 32.6 Å². The molecule has 0 saturated heterocycles. The van der Waals surface area contributed by atoms with E-state index in [9.17, 15) is 18.0 Å². The van der Waals surface area contributed by atoms with Crippen LogP contribution in [0.2, 0.25) is 0 Å². The summed E-state index contributed by atoms with van der Waals surface area (Å²) < 4.78 is 37.8. The number of nitrogens with zero attached hydrogens (tertiary/aromatic N) is 2. The Morgan fingerprint density at radius 2 is 1.60 bits per heavy atom. The molecular weight excluding hydrogens is 530 g/mol. The number of carbonyl (C=O) groups is 2. The predicted molar refractivity (Wildman–Crippen MR) is 156 cm³/mol. The number of rotatable bonds is 13. The van der Waals surface area contributed by atoms with Gasteiger partial charge in [0, 0.05) is 25.6 Å². The first-order valence-electron chi connectivity index (χ1n) is 12.9. The molecule has 40 heavy (non-hydrogen) atoms. The maximum Gasteiger partial charge on any atom is 0.244 e. The number of likely N-dealkylation sites (N-methyl/N-ethyl adjacent to an activating group) is 1. The van der Waals surface area contributed by atoms with Gasteiger partial charge in [-0.1, -0.05) is 60.2 Å². The molecule has 214 valence electrons. The average Bonchev–Trinajstić information content (AvgIpc) is 2.94. The molecule has 2 amide bonds. The van der Waals surface area contributed by atoms with Gasteiger partial charge in [-0.2, -0.15) is 0 Å². The van der Waals surface area contributed by atoms with Crippen molar-refractivity contribution in [1.82, 2.24) is 10.2 Å². The molecule has 0 saturated carbocycles. The largest absolute Gasteiger partial charge is 0.497 e. The van der Waals surface area contributed by atoms with Crippen molar-refractivity contribution in [2.24, 2.45) is 0 Å². The van der Waals surface area contributed by atoms with E-state index in [4.69, 9.17) is 9.47 Å². The zero-order valence-corrected chi connectivity index (χ0v) is 24.4. The van der Waals surface area contributed by atoms with Crippen molar-refractivity contribution in [3.8, 4) is 11.5 Å². The number of nitrogens with one attached hydrogen (secondary N) is 1. The zero-order valence-electron chi connectivity index (χ0n) is 23.6. The van der Waals surface area contributed by atoms with Crippen molar-refractivity contribution in [2.75, 3.05) is 37.9 Å². The molecule has 1 N–H and O–H groups in total. The van der Waals surface area contributed by atoms with E-state index in [-0.39, 0.29) is 30.3 Å². The molecule has 0 bridgehead atoms. The first-order chi connectivity index (χ1) is 19.1. The zero-order chi connectivity index (χ0) is 29.3. The van der Waals surface area contributed by atoms with Gasteiger partial charge < -0.3 is 19.7 Å². The molecular formula is C30H37N3O6S. The maximum absolute atomic E-state index is 14.1. The average molecular weight is 568 g/mol. The molecule has 10 heteroatoms. The molecule has 9 nitrogen and oxygen atoms in total. The van der Waals surface area contributed by atoms with Crippen molar-refractivity contribution in [2.45, 2.75) is 32.9 Å². The highest BCUT2D eigenvalue weighted by Gasteiger charge is 2.33. The van der Waals surface area contributed by atoms with Gasteiger partial charge in [0.25, 0.3) is 0 Å². The third kappa shape index (κ3) is 7.98. The number of anilines is 1. The first-order valence-corrected chi connectivity index (χ1v) is 14.8. The van der Waals surface area contributed by atoms with E-state index in [1.54, 1.807) is 12.1 Å². The summed E-state index contributed by atoms with van der Waals surface area (Å²) in [5.41, 5.74) is 2.89. The first kappa shape index (κ1) is 30.5. The number of amides is 2. The lowest BCUT2D eigenvalue weighted by Gasteiger charge is -2.33. The minimum atomic E-state index is -3.95. The van der Waals surface area contributed by atoms with Crippen LogP contribution in [0.15, 0.2) is 72.8 Å². The van der Waals surface area contributed by atoms with Crippen molar-refractivity contribution in [3.05, 3.63) is 89.5 Å². The Hall–Kier alpha value is -4.05. The second-order valence-electron chi connectivity index (χ2n) is 9.41. The molecule has 0 heterocycles. The number of benzene rings is 3. The molecule has 0 aromatic heterocycles. The van der Waals surface area contributed by atoms with E-state index in [2.05, 4.69) is 5.32 Å². The van der Waals surface area contributed by atoms with Gasteiger partial charge in [0.05, 0.1) is 26.2 Å². The SMILES string of the molecule is CCNC(=O)C(Cc1ccccc1)N(Cc1ccc(C)cc1)C(=O)CN(c1cc(OC)ccc1OC)S(C)(=O)=O. The monoisotopic (exact) mass is 567 g/mol. The molecule has 3 aromatic rings. The van der Waals surface area contributed by atoms with E-state index >= 15 is 0 Å². The fraction of sp³-hybridized carbons (Fsp3) is 0.333. The van der Waals surface area contributed by atoms with E-state index in [0.29, 0.717) is 12.3 Å². The van der Waals surface area contributed by atoms with Gasteiger partial charge in [-0.25, -0.2) is 8.42 Å². The van der Waals surface area contributed by atoms with Crippen LogP contribution in [0.5, 0.6) is 11.5 Å². The number of sulfonamides is 1. The Morgan fingerprint density at radius 3 is 2.17 bits per heavy atom. The molecule has 1 unspecified atom stereocenters. The van der Waals surface area contributed by atoms with Crippen LogP contribution >= 0.6 is 0 Å². The molecule has 1 atom stereocenters. The molecule has 3 rings (SSSR count). The highest BCUT2D eigenvalue weighted by Crippen LogP contribution is 2.34. The van der Waals surface area contributed by atoms with Crippen LogP contribution < -0.4 is 19.1 Å². The molecule has 3 aromatic carbocycles. The summed E-state index contributed by atoms with van der Waals surface area (Å²) in [5.74, 6) is -0.203. The highest BCUT2D eigenvalue weighted by molar-refractivity contribution is 7.92. The number of ether oxygens (including phenoxy) is 2. The lowest BCUT2D eigenvalue weighted by atomic mass is 10.0.